The molecule has 0 amide bonds. The number of ether oxygens (including phenoxy) is 1. The zero-order valence-corrected chi connectivity index (χ0v) is 16.5. The Kier molecular flexibility index (Phi) is 5.32. The summed E-state index contributed by atoms with van der Waals surface area (Å²) in [7, 11) is 1.44. The van der Waals surface area contributed by atoms with Crippen molar-refractivity contribution in [2.75, 3.05) is 0 Å². The summed E-state index contributed by atoms with van der Waals surface area (Å²) in [6.45, 7) is 0. The van der Waals surface area contributed by atoms with Gasteiger partial charge in [-0.25, -0.2) is 8.78 Å². The largest absolute Gasteiger partial charge is 0.454 e. The lowest BCUT2D eigenvalue weighted by Crippen LogP contribution is -1.96. The summed E-state index contributed by atoms with van der Waals surface area (Å²) < 4.78 is 35.5. The van der Waals surface area contributed by atoms with Gasteiger partial charge in [-0.15, -0.1) is 0 Å². The van der Waals surface area contributed by atoms with Gasteiger partial charge in [-0.05, 0) is 18.2 Å². The van der Waals surface area contributed by atoms with E-state index in [1.54, 1.807) is 6.07 Å². The van der Waals surface area contributed by atoms with Crippen molar-refractivity contribution >= 4 is 57.2 Å². The fourth-order valence-electron chi connectivity index (χ4n) is 2.35. The highest BCUT2D eigenvalue weighted by atomic mass is 127. The van der Waals surface area contributed by atoms with Crippen molar-refractivity contribution in [3.8, 4) is 17.6 Å². The van der Waals surface area contributed by atoms with E-state index in [9.17, 15) is 8.78 Å². The van der Waals surface area contributed by atoms with Gasteiger partial charge < -0.3 is 4.74 Å². The number of fused-ring (bicyclic) bond motifs is 1. The van der Waals surface area contributed by atoms with E-state index >= 15 is 0 Å². The van der Waals surface area contributed by atoms with Crippen LogP contribution in [0.3, 0.4) is 0 Å². The fourth-order valence-corrected chi connectivity index (χ4v) is 4.27. The minimum Gasteiger partial charge on any atom is -0.454 e. The fraction of sp³-hybridized carbons (Fsp3) is 0.0625. The summed E-state index contributed by atoms with van der Waals surface area (Å²) in [4.78, 5) is 0. The molecular formula is C16H8BrF2IN2OS. The topological polar surface area (TPSA) is 37.9 Å². The summed E-state index contributed by atoms with van der Waals surface area (Å²) in [6.07, 6.45) is 1.85. The average molecular weight is 521 g/mol. The number of nitriles is 1. The first-order valence-electron chi connectivity index (χ1n) is 6.64. The summed E-state index contributed by atoms with van der Waals surface area (Å²) >= 11 is 5.49. The van der Waals surface area contributed by atoms with E-state index in [0.717, 1.165) is 17.0 Å². The second kappa shape index (κ2) is 7.29. The Morgan fingerprint density at radius 3 is 2.71 bits per heavy atom. The maximum absolute atomic E-state index is 14.6. The molecule has 1 aromatic heterocycles. The van der Waals surface area contributed by atoms with Crippen LogP contribution in [0.5, 0.6) is 11.5 Å². The Labute approximate surface area is 161 Å². The Morgan fingerprint density at radius 1 is 1.25 bits per heavy atom. The lowest BCUT2D eigenvalue weighted by Gasteiger charge is -2.13. The smallest absolute Gasteiger partial charge is 0.168 e. The molecule has 0 saturated heterocycles. The molecule has 24 heavy (non-hydrogen) atoms. The van der Waals surface area contributed by atoms with Crippen molar-refractivity contribution in [2.45, 2.75) is 5.33 Å². The number of hydrogen-bond acceptors (Lipinski definition) is 3. The molecule has 122 valence electrons. The predicted molar refractivity (Wildman–Crippen MR) is 103 cm³/mol. The van der Waals surface area contributed by atoms with Gasteiger partial charge >= 0.3 is 0 Å². The molecule has 3 aromatic rings. The molecule has 0 aliphatic carbocycles. The van der Waals surface area contributed by atoms with Gasteiger partial charge in [-0.3, -0.25) is 3.97 Å². The first-order valence-corrected chi connectivity index (χ1v) is 11.1. The van der Waals surface area contributed by atoms with E-state index in [1.807, 2.05) is 16.2 Å². The van der Waals surface area contributed by atoms with Crippen LogP contribution < -0.4 is 4.74 Å². The summed E-state index contributed by atoms with van der Waals surface area (Å²) in [6, 6.07) is 8.77. The van der Waals surface area contributed by atoms with Crippen LogP contribution in [0.2, 0.25) is 0 Å². The van der Waals surface area contributed by atoms with Gasteiger partial charge in [0, 0.05) is 64.9 Å². The standard InChI is InChI=1S/C16H8BrF2IN2OS/c17-7-12-11-3-4-22(24-20)15(11)6-14(19)16(12)23-10-1-2-13(18)9(5-10)8-21/h1-6H,7H2. The highest BCUT2D eigenvalue weighted by Crippen LogP contribution is 2.38. The summed E-state index contributed by atoms with van der Waals surface area (Å²) in [5, 5.41) is 10.1. The maximum atomic E-state index is 14.6. The lowest BCUT2D eigenvalue weighted by atomic mass is 10.1. The minimum atomic E-state index is -0.641. The molecule has 2 aromatic carbocycles. The molecule has 3 nitrogen and oxygen atoms in total. The normalized spacial score (nSPS) is 10.8. The van der Waals surface area contributed by atoms with Gasteiger partial charge in [-0.1, -0.05) is 15.9 Å². The van der Waals surface area contributed by atoms with Crippen LogP contribution in [0.25, 0.3) is 10.9 Å². The van der Waals surface area contributed by atoms with Crippen molar-refractivity contribution in [3.05, 3.63) is 59.3 Å². The van der Waals surface area contributed by atoms with Gasteiger partial charge in [0.1, 0.15) is 17.6 Å². The van der Waals surface area contributed by atoms with Crippen molar-refractivity contribution in [2.24, 2.45) is 0 Å². The highest BCUT2D eigenvalue weighted by Gasteiger charge is 2.18. The molecular weight excluding hydrogens is 513 g/mol. The molecule has 0 radical (unpaired) electrons. The van der Waals surface area contributed by atoms with E-state index in [1.165, 1.54) is 27.3 Å². The first-order chi connectivity index (χ1) is 11.6. The molecule has 0 bridgehead atoms. The molecule has 8 heteroatoms. The Morgan fingerprint density at radius 2 is 2.04 bits per heavy atom. The molecule has 0 saturated carbocycles. The van der Waals surface area contributed by atoms with Crippen molar-refractivity contribution in [1.82, 2.24) is 3.97 Å². The molecule has 0 unspecified atom stereocenters. The van der Waals surface area contributed by atoms with Crippen LogP contribution in [0.1, 0.15) is 11.1 Å². The zero-order chi connectivity index (χ0) is 17.3. The van der Waals surface area contributed by atoms with E-state index in [0.29, 0.717) is 10.9 Å². The second-order valence-electron chi connectivity index (χ2n) is 4.80. The van der Waals surface area contributed by atoms with Crippen LogP contribution >= 0.6 is 46.3 Å². The van der Waals surface area contributed by atoms with Gasteiger partial charge in [0.15, 0.2) is 11.6 Å². The molecule has 0 fully saturated rings. The molecule has 3 rings (SSSR count). The third-order valence-electron chi connectivity index (χ3n) is 3.46. The minimum absolute atomic E-state index is 0.0612. The third-order valence-corrected chi connectivity index (χ3v) is 5.76. The highest BCUT2D eigenvalue weighted by molar-refractivity contribution is 14.2. The van der Waals surface area contributed by atoms with Gasteiger partial charge in [0.05, 0.1) is 11.1 Å². The van der Waals surface area contributed by atoms with Crippen LogP contribution in [0.15, 0.2) is 36.5 Å². The van der Waals surface area contributed by atoms with Crippen LogP contribution in [0, 0.1) is 23.0 Å². The van der Waals surface area contributed by atoms with E-state index in [-0.39, 0.29) is 17.1 Å². The number of hydrogen-bond donors (Lipinski definition) is 0. The van der Waals surface area contributed by atoms with E-state index in [4.69, 9.17) is 10.00 Å². The SMILES string of the molecule is N#Cc1cc(Oc2c(F)cc3c(ccn3SI)c2CBr)ccc1F. The maximum Gasteiger partial charge on any atom is 0.168 e. The van der Waals surface area contributed by atoms with Gasteiger partial charge in [-0.2, -0.15) is 5.26 Å². The predicted octanol–water partition coefficient (Wildman–Crippen LogP) is 6.32. The van der Waals surface area contributed by atoms with Gasteiger partial charge in [0.25, 0.3) is 0 Å². The summed E-state index contributed by atoms with van der Waals surface area (Å²) in [5.41, 5.74) is 1.24. The van der Waals surface area contributed by atoms with Gasteiger partial charge in [0.2, 0.25) is 0 Å². The third kappa shape index (κ3) is 3.12. The molecule has 1 heterocycles. The molecule has 0 aliphatic rings. The van der Waals surface area contributed by atoms with Crippen molar-refractivity contribution < 1.29 is 13.5 Å². The number of aromatic nitrogens is 1. The number of alkyl halides is 1. The first kappa shape index (κ1) is 17.5. The van der Waals surface area contributed by atoms with E-state index < -0.39 is 11.6 Å². The average Bonchev–Trinajstić information content (AvgIpc) is 2.99. The number of benzene rings is 2. The van der Waals surface area contributed by atoms with E-state index in [2.05, 4.69) is 37.1 Å². The van der Waals surface area contributed by atoms with Crippen molar-refractivity contribution in [3.63, 3.8) is 0 Å². The number of rotatable bonds is 4. The van der Waals surface area contributed by atoms with Crippen molar-refractivity contribution in [1.29, 1.82) is 5.26 Å². The monoisotopic (exact) mass is 520 g/mol. The molecule has 0 spiro atoms. The number of halogens is 4. The number of nitrogens with zero attached hydrogens (tertiary/aromatic N) is 2. The van der Waals surface area contributed by atoms with Crippen LogP contribution in [-0.2, 0) is 5.33 Å². The lowest BCUT2D eigenvalue weighted by molar-refractivity contribution is 0.438. The quantitative estimate of drug-likeness (QED) is 0.298. The molecule has 0 N–H and O–H groups in total. The molecule has 0 atom stereocenters. The molecule has 0 aliphatic heterocycles. The van der Waals surface area contributed by atoms with Crippen LogP contribution in [-0.4, -0.2) is 3.97 Å². The zero-order valence-electron chi connectivity index (χ0n) is 11.9. The second-order valence-corrected chi connectivity index (χ2v) is 7.07. The summed E-state index contributed by atoms with van der Waals surface area (Å²) in [5.74, 6) is -0.898. The Hall–Kier alpha value is -1.31. The van der Waals surface area contributed by atoms with Crippen LogP contribution in [0.4, 0.5) is 8.78 Å². The Bertz CT molecular complexity index is 971. The Balaban J connectivity index is 2.13.